The van der Waals surface area contributed by atoms with E-state index in [-0.39, 0.29) is 16.3 Å². The topological polar surface area (TPSA) is 128 Å². The number of carbonyl (C=O) groups is 2. The van der Waals surface area contributed by atoms with Crippen molar-refractivity contribution in [2.75, 3.05) is 12.4 Å². The minimum Gasteiger partial charge on any atom is -0.444 e. The van der Waals surface area contributed by atoms with E-state index in [1.807, 2.05) is 0 Å². The highest BCUT2D eigenvalue weighted by atomic mass is 32.2. The largest absolute Gasteiger partial charge is 0.444 e. The molecule has 3 aromatic rings. The molecule has 1 unspecified atom stereocenters. The number of hydrogen-bond donors (Lipinski definition) is 2. The number of benzene rings is 2. The van der Waals surface area contributed by atoms with Crippen LogP contribution in [-0.2, 0) is 19.6 Å². The number of sulfonamides is 1. The number of aromatic nitrogens is 1. The molecule has 0 spiro atoms. The summed E-state index contributed by atoms with van der Waals surface area (Å²) >= 11 is 0. The predicted octanol–water partition coefficient (Wildman–Crippen LogP) is 2.43. The highest BCUT2D eigenvalue weighted by molar-refractivity contribution is 7.89. The second-order valence-corrected chi connectivity index (χ2v) is 8.13. The Morgan fingerprint density at radius 2 is 1.80 bits per heavy atom. The molecule has 2 aromatic carbocycles. The van der Waals surface area contributed by atoms with Crippen LogP contribution in [0, 0.1) is 6.92 Å². The number of nitrogens with zero attached hydrogens (tertiary/aromatic N) is 1. The van der Waals surface area contributed by atoms with Gasteiger partial charge in [-0.25, -0.2) is 17.9 Å². The molecule has 10 heteroatoms. The summed E-state index contributed by atoms with van der Waals surface area (Å²) < 4.78 is 36.5. The third-order valence-corrected chi connectivity index (χ3v) is 5.51. The Morgan fingerprint density at radius 1 is 1.07 bits per heavy atom. The van der Waals surface area contributed by atoms with Gasteiger partial charge >= 0.3 is 5.97 Å². The maximum absolute atomic E-state index is 12.8. The molecule has 0 fully saturated rings. The van der Waals surface area contributed by atoms with Crippen molar-refractivity contribution >= 4 is 27.7 Å². The van der Waals surface area contributed by atoms with Crippen LogP contribution in [0.25, 0.3) is 0 Å². The monoisotopic (exact) mass is 429 g/mol. The molecule has 1 aromatic heterocycles. The van der Waals surface area contributed by atoms with Crippen LogP contribution in [0.15, 0.2) is 70.1 Å². The summed E-state index contributed by atoms with van der Waals surface area (Å²) in [6.07, 6.45) is -1.29. The van der Waals surface area contributed by atoms with E-state index in [9.17, 15) is 18.0 Å². The van der Waals surface area contributed by atoms with Gasteiger partial charge in [0.2, 0.25) is 16.1 Å². The first kappa shape index (κ1) is 21.2. The molecular weight excluding hydrogens is 410 g/mol. The zero-order valence-electron chi connectivity index (χ0n) is 16.2. The summed E-state index contributed by atoms with van der Waals surface area (Å²) in [6.45, 7) is 1.67. The normalized spacial score (nSPS) is 12.2. The van der Waals surface area contributed by atoms with Gasteiger partial charge in [0.25, 0.3) is 5.91 Å². The summed E-state index contributed by atoms with van der Waals surface area (Å²) in [6, 6.07) is 15.3. The summed E-state index contributed by atoms with van der Waals surface area (Å²) in [4.78, 5) is 25.4. The summed E-state index contributed by atoms with van der Waals surface area (Å²) in [7, 11) is -2.48. The fourth-order valence-electron chi connectivity index (χ4n) is 2.60. The van der Waals surface area contributed by atoms with Gasteiger partial charge in [-0.3, -0.25) is 4.79 Å². The lowest BCUT2D eigenvalue weighted by Crippen LogP contribution is -2.26. The molecule has 30 heavy (non-hydrogen) atoms. The van der Waals surface area contributed by atoms with E-state index in [1.54, 1.807) is 37.3 Å². The molecular formula is C20H19N3O6S. The van der Waals surface area contributed by atoms with Gasteiger partial charge in [-0.2, -0.15) is 0 Å². The number of esters is 1. The molecule has 0 saturated carbocycles. The molecule has 1 heterocycles. The maximum atomic E-state index is 12.8. The number of anilines is 1. The van der Waals surface area contributed by atoms with Crippen LogP contribution in [0.1, 0.15) is 27.8 Å². The van der Waals surface area contributed by atoms with E-state index in [0.717, 1.165) is 0 Å². The lowest BCUT2D eigenvalue weighted by molar-refractivity contribution is -0.125. The lowest BCUT2D eigenvalue weighted by Gasteiger charge is -2.17. The van der Waals surface area contributed by atoms with E-state index < -0.39 is 28.0 Å². The number of ether oxygens (including phenoxy) is 1. The van der Waals surface area contributed by atoms with Crippen LogP contribution in [-0.4, -0.2) is 32.5 Å². The fraction of sp³-hybridized carbons (Fsp3) is 0.150. The molecule has 9 nitrogen and oxygen atoms in total. The summed E-state index contributed by atoms with van der Waals surface area (Å²) in [5, 5.41) is 6.23. The van der Waals surface area contributed by atoms with Crippen molar-refractivity contribution < 1.29 is 27.3 Å². The Kier molecular flexibility index (Phi) is 6.28. The number of nitrogens with one attached hydrogen (secondary N) is 2. The van der Waals surface area contributed by atoms with Crippen molar-refractivity contribution in [2.45, 2.75) is 17.9 Å². The van der Waals surface area contributed by atoms with Gasteiger partial charge in [0.05, 0.1) is 10.5 Å². The Balaban J connectivity index is 1.87. The first-order valence-electron chi connectivity index (χ1n) is 8.84. The van der Waals surface area contributed by atoms with Crippen LogP contribution in [0.5, 0.6) is 0 Å². The molecule has 1 atom stereocenters. The second kappa shape index (κ2) is 8.89. The van der Waals surface area contributed by atoms with Gasteiger partial charge in [0, 0.05) is 11.6 Å². The second-order valence-electron chi connectivity index (χ2n) is 6.24. The molecule has 156 valence electrons. The van der Waals surface area contributed by atoms with Crippen LogP contribution in [0.2, 0.25) is 0 Å². The minimum absolute atomic E-state index is 0.0164. The third-order valence-electron chi connectivity index (χ3n) is 4.09. The summed E-state index contributed by atoms with van der Waals surface area (Å²) in [5.74, 6) is -0.817. The van der Waals surface area contributed by atoms with Crippen LogP contribution in [0.3, 0.4) is 0 Å². The maximum Gasteiger partial charge on any atom is 0.339 e. The summed E-state index contributed by atoms with van der Waals surface area (Å²) in [5.41, 5.74) is 0.417. The van der Waals surface area contributed by atoms with E-state index in [0.29, 0.717) is 11.3 Å². The average molecular weight is 429 g/mol. The predicted molar refractivity (Wildman–Crippen MR) is 107 cm³/mol. The number of rotatable bonds is 7. The Bertz CT molecular complexity index is 1160. The van der Waals surface area contributed by atoms with Gasteiger partial charge in [0.15, 0.2) is 5.82 Å². The van der Waals surface area contributed by atoms with Crippen molar-refractivity contribution in [1.82, 2.24) is 9.88 Å². The Hall–Kier alpha value is -3.50. The molecule has 0 aliphatic carbocycles. The number of amides is 1. The number of hydrogen-bond acceptors (Lipinski definition) is 7. The van der Waals surface area contributed by atoms with Crippen molar-refractivity contribution in [3.8, 4) is 0 Å². The van der Waals surface area contributed by atoms with Gasteiger partial charge in [-0.1, -0.05) is 41.6 Å². The van der Waals surface area contributed by atoms with Crippen LogP contribution in [0.4, 0.5) is 5.82 Å². The van der Waals surface area contributed by atoms with Crippen LogP contribution < -0.4 is 10.0 Å². The Morgan fingerprint density at radius 3 is 2.43 bits per heavy atom. The zero-order valence-corrected chi connectivity index (χ0v) is 17.0. The van der Waals surface area contributed by atoms with Gasteiger partial charge in [0.1, 0.15) is 5.76 Å². The quantitative estimate of drug-likeness (QED) is 0.552. The van der Waals surface area contributed by atoms with Crippen molar-refractivity contribution in [3.63, 3.8) is 0 Å². The standard InChI is InChI=1S/C20H19N3O6S/c1-13-11-17(23-29-13)22-19(24)18(14-7-4-3-5-8-14)28-20(25)15-9-6-10-16(12-15)30(26,27)21-2/h3-12,18,21H,1-2H3,(H,22,23,24). The van der Waals surface area contributed by atoms with E-state index in [4.69, 9.17) is 9.26 Å². The van der Waals surface area contributed by atoms with Crippen LogP contribution >= 0.6 is 0 Å². The van der Waals surface area contributed by atoms with Gasteiger partial charge in [-0.15, -0.1) is 0 Å². The fourth-order valence-corrected chi connectivity index (χ4v) is 3.38. The molecule has 0 aliphatic heterocycles. The van der Waals surface area contributed by atoms with E-state index in [2.05, 4.69) is 15.2 Å². The smallest absolute Gasteiger partial charge is 0.339 e. The van der Waals surface area contributed by atoms with Crippen molar-refractivity contribution in [3.05, 3.63) is 77.6 Å². The molecule has 0 aliphatic rings. The van der Waals surface area contributed by atoms with Gasteiger partial charge < -0.3 is 14.6 Å². The molecule has 0 radical (unpaired) electrons. The number of aryl methyl sites for hydroxylation is 1. The lowest BCUT2D eigenvalue weighted by atomic mass is 10.1. The van der Waals surface area contributed by atoms with Crippen molar-refractivity contribution in [1.29, 1.82) is 0 Å². The minimum atomic E-state index is -3.75. The molecule has 1 amide bonds. The SMILES string of the molecule is CNS(=O)(=O)c1cccc(C(=O)OC(C(=O)Nc2cc(C)on2)c2ccccc2)c1. The molecule has 0 saturated heterocycles. The third kappa shape index (κ3) is 4.91. The van der Waals surface area contributed by atoms with E-state index >= 15 is 0 Å². The first-order valence-corrected chi connectivity index (χ1v) is 10.3. The van der Waals surface area contributed by atoms with E-state index in [1.165, 1.54) is 37.4 Å². The average Bonchev–Trinajstić information content (AvgIpc) is 3.16. The molecule has 2 N–H and O–H groups in total. The zero-order chi connectivity index (χ0) is 21.7. The molecule has 3 rings (SSSR count). The Labute approximate surface area is 173 Å². The molecule has 0 bridgehead atoms. The highest BCUT2D eigenvalue weighted by Gasteiger charge is 2.27. The van der Waals surface area contributed by atoms with Gasteiger partial charge in [-0.05, 0) is 32.2 Å². The highest BCUT2D eigenvalue weighted by Crippen LogP contribution is 2.22. The van der Waals surface area contributed by atoms with Crippen molar-refractivity contribution in [2.24, 2.45) is 0 Å². The first-order chi connectivity index (χ1) is 14.3. The number of carbonyl (C=O) groups excluding carboxylic acids is 2.